The number of halogens is 3. The number of anilines is 1. The minimum Gasteiger partial charge on any atom is -0.319 e. The molecule has 3 aromatic rings. The van der Waals surface area contributed by atoms with Gasteiger partial charge in [0.2, 0.25) is 0 Å². The average Bonchev–Trinajstić information content (AvgIpc) is 2.89. The number of benzene rings is 1. The molecular formula is C17H14Cl3N3O. The standard InChI is InChI=1S/C17H14Cl3N3O/c1-2-4-13-16(23-9-10(18)7-8-14(23)21-13)17(24)22-12-6-3-5-11(19)15(12)20/h3,5-9H,2,4H2,1H3,(H,22,24). The molecule has 3 rings (SSSR count). The van der Waals surface area contributed by atoms with E-state index in [1.807, 2.05) is 6.92 Å². The van der Waals surface area contributed by atoms with Gasteiger partial charge in [-0.2, -0.15) is 0 Å². The Balaban J connectivity index is 2.06. The first-order valence-corrected chi connectivity index (χ1v) is 8.56. The number of pyridine rings is 1. The van der Waals surface area contributed by atoms with Crippen LogP contribution in [0.4, 0.5) is 5.69 Å². The van der Waals surface area contributed by atoms with Crippen molar-refractivity contribution in [2.24, 2.45) is 0 Å². The van der Waals surface area contributed by atoms with E-state index in [0.717, 1.165) is 12.1 Å². The number of fused-ring (bicyclic) bond motifs is 1. The Bertz CT molecular complexity index is 921. The summed E-state index contributed by atoms with van der Waals surface area (Å²) in [5.74, 6) is -0.308. The quantitative estimate of drug-likeness (QED) is 0.647. The Hall–Kier alpha value is -1.75. The van der Waals surface area contributed by atoms with E-state index < -0.39 is 0 Å². The highest BCUT2D eigenvalue weighted by Crippen LogP contribution is 2.30. The second-order valence-corrected chi connectivity index (χ2v) is 6.51. The highest BCUT2D eigenvalue weighted by Gasteiger charge is 2.20. The van der Waals surface area contributed by atoms with E-state index in [4.69, 9.17) is 34.8 Å². The zero-order valence-electron chi connectivity index (χ0n) is 12.8. The first-order chi connectivity index (χ1) is 11.5. The molecule has 0 aliphatic carbocycles. The molecule has 7 heteroatoms. The Labute approximate surface area is 154 Å². The molecule has 1 aromatic carbocycles. The van der Waals surface area contributed by atoms with Gasteiger partial charge in [0.05, 0.1) is 26.4 Å². The topological polar surface area (TPSA) is 46.4 Å². The number of rotatable bonds is 4. The third-order valence-electron chi connectivity index (χ3n) is 3.56. The van der Waals surface area contributed by atoms with E-state index in [2.05, 4.69) is 10.3 Å². The summed E-state index contributed by atoms with van der Waals surface area (Å²) in [5, 5.41) is 4.01. The number of hydrogen-bond acceptors (Lipinski definition) is 2. The van der Waals surface area contributed by atoms with E-state index in [9.17, 15) is 4.79 Å². The summed E-state index contributed by atoms with van der Waals surface area (Å²) in [5.41, 5.74) is 2.29. The summed E-state index contributed by atoms with van der Waals surface area (Å²) in [7, 11) is 0. The highest BCUT2D eigenvalue weighted by molar-refractivity contribution is 6.44. The number of imidazole rings is 1. The maximum atomic E-state index is 12.8. The van der Waals surface area contributed by atoms with E-state index in [1.54, 1.807) is 40.9 Å². The average molecular weight is 383 g/mol. The van der Waals surface area contributed by atoms with E-state index >= 15 is 0 Å². The summed E-state index contributed by atoms with van der Waals surface area (Å²) in [4.78, 5) is 17.4. The summed E-state index contributed by atoms with van der Waals surface area (Å²) < 4.78 is 1.70. The monoisotopic (exact) mass is 381 g/mol. The van der Waals surface area contributed by atoms with Crippen molar-refractivity contribution in [2.75, 3.05) is 5.32 Å². The maximum absolute atomic E-state index is 12.8. The van der Waals surface area contributed by atoms with Crippen LogP contribution in [0.1, 0.15) is 29.5 Å². The smallest absolute Gasteiger partial charge is 0.274 e. The van der Waals surface area contributed by atoms with Gasteiger partial charge < -0.3 is 5.32 Å². The Morgan fingerprint density at radius 3 is 2.75 bits per heavy atom. The first kappa shape index (κ1) is 17.1. The van der Waals surface area contributed by atoms with Gasteiger partial charge in [-0.15, -0.1) is 0 Å². The molecule has 0 unspecified atom stereocenters. The van der Waals surface area contributed by atoms with Gasteiger partial charge in [0.1, 0.15) is 11.3 Å². The zero-order chi connectivity index (χ0) is 17.3. The van der Waals surface area contributed by atoms with Crippen LogP contribution in [0.15, 0.2) is 36.5 Å². The molecule has 0 bridgehead atoms. The molecule has 0 saturated heterocycles. The number of aromatic nitrogens is 2. The lowest BCUT2D eigenvalue weighted by Gasteiger charge is -2.09. The number of nitrogens with one attached hydrogen (secondary N) is 1. The van der Waals surface area contributed by atoms with Crippen LogP contribution in [0.3, 0.4) is 0 Å². The molecule has 24 heavy (non-hydrogen) atoms. The van der Waals surface area contributed by atoms with Gasteiger partial charge in [-0.05, 0) is 30.7 Å². The SMILES string of the molecule is CCCc1nc2ccc(Cl)cn2c1C(=O)Nc1cccc(Cl)c1Cl. The number of nitrogens with zero attached hydrogens (tertiary/aromatic N) is 2. The van der Waals surface area contributed by atoms with Gasteiger partial charge in [-0.1, -0.05) is 54.2 Å². The van der Waals surface area contributed by atoms with Crippen molar-refractivity contribution in [2.45, 2.75) is 19.8 Å². The van der Waals surface area contributed by atoms with Crippen LogP contribution in [0, 0.1) is 0 Å². The van der Waals surface area contributed by atoms with Crippen molar-refractivity contribution in [3.8, 4) is 0 Å². The van der Waals surface area contributed by atoms with Crippen molar-refractivity contribution in [1.82, 2.24) is 9.38 Å². The Kier molecular flexibility index (Phi) is 4.99. The highest BCUT2D eigenvalue weighted by atomic mass is 35.5. The number of amides is 1. The summed E-state index contributed by atoms with van der Waals surface area (Å²) in [6, 6.07) is 8.61. The lowest BCUT2D eigenvalue weighted by Crippen LogP contribution is -2.16. The van der Waals surface area contributed by atoms with Gasteiger partial charge in [0.15, 0.2) is 0 Å². The second kappa shape index (κ2) is 7.01. The van der Waals surface area contributed by atoms with Gasteiger partial charge in [-0.25, -0.2) is 4.98 Å². The predicted octanol–water partition coefficient (Wildman–Crippen LogP) is 5.50. The molecule has 0 fully saturated rings. The zero-order valence-corrected chi connectivity index (χ0v) is 15.1. The van der Waals surface area contributed by atoms with Crippen LogP contribution in [0.25, 0.3) is 5.65 Å². The van der Waals surface area contributed by atoms with Crippen LogP contribution in [0.2, 0.25) is 15.1 Å². The van der Waals surface area contributed by atoms with Crippen molar-refractivity contribution < 1.29 is 4.79 Å². The first-order valence-electron chi connectivity index (χ1n) is 7.43. The number of carbonyl (C=O) groups excluding carboxylic acids is 1. The fraction of sp³-hybridized carbons (Fsp3) is 0.176. The number of hydrogen-bond donors (Lipinski definition) is 1. The molecule has 4 nitrogen and oxygen atoms in total. The van der Waals surface area contributed by atoms with Crippen LogP contribution >= 0.6 is 34.8 Å². The number of carbonyl (C=O) groups is 1. The van der Waals surface area contributed by atoms with Gasteiger partial charge in [0.25, 0.3) is 5.91 Å². The fourth-order valence-corrected chi connectivity index (χ4v) is 3.01. The van der Waals surface area contributed by atoms with Crippen LogP contribution in [-0.4, -0.2) is 15.3 Å². The Morgan fingerprint density at radius 2 is 2.00 bits per heavy atom. The second-order valence-electron chi connectivity index (χ2n) is 5.29. The van der Waals surface area contributed by atoms with Crippen molar-refractivity contribution in [3.63, 3.8) is 0 Å². The van der Waals surface area contributed by atoms with Crippen molar-refractivity contribution >= 4 is 52.0 Å². The minimum absolute atomic E-state index is 0.302. The lowest BCUT2D eigenvalue weighted by atomic mass is 10.2. The van der Waals surface area contributed by atoms with Crippen molar-refractivity contribution in [3.05, 3.63) is 63.0 Å². The van der Waals surface area contributed by atoms with E-state index in [-0.39, 0.29) is 5.91 Å². The minimum atomic E-state index is -0.308. The largest absolute Gasteiger partial charge is 0.319 e. The summed E-state index contributed by atoms with van der Waals surface area (Å²) >= 11 is 18.2. The van der Waals surface area contributed by atoms with Crippen LogP contribution in [0.5, 0.6) is 0 Å². The molecule has 0 spiro atoms. The molecule has 2 heterocycles. The molecule has 1 amide bonds. The van der Waals surface area contributed by atoms with Crippen LogP contribution in [-0.2, 0) is 6.42 Å². The molecule has 0 atom stereocenters. The van der Waals surface area contributed by atoms with Crippen LogP contribution < -0.4 is 5.32 Å². The fourth-order valence-electron chi connectivity index (χ4n) is 2.50. The summed E-state index contributed by atoms with van der Waals surface area (Å²) in [6.45, 7) is 2.03. The Morgan fingerprint density at radius 1 is 1.21 bits per heavy atom. The molecule has 2 aromatic heterocycles. The molecular weight excluding hydrogens is 369 g/mol. The van der Waals surface area contributed by atoms with E-state index in [1.165, 1.54) is 0 Å². The molecule has 0 aliphatic heterocycles. The van der Waals surface area contributed by atoms with Gasteiger partial charge >= 0.3 is 0 Å². The van der Waals surface area contributed by atoms with Gasteiger partial charge in [0, 0.05) is 6.20 Å². The predicted molar refractivity (Wildman–Crippen MR) is 98.6 cm³/mol. The van der Waals surface area contributed by atoms with Crippen molar-refractivity contribution in [1.29, 1.82) is 0 Å². The van der Waals surface area contributed by atoms with E-state index in [0.29, 0.717) is 38.5 Å². The lowest BCUT2D eigenvalue weighted by molar-refractivity contribution is 0.102. The summed E-state index contributed by atoms with van der Waals surface area (Å²) in [6.07, 6.45) is 3.23. The molecule has 0 aliphatic rings. The normalized spacial score (nSPS) is 11.0. The molecule has 124 valence electrons. The molecule has 0 radical (unpaired) electrons. The van der Waals surface area contributed by atoms with Gasteiger partial charge in [-0.3, -0.25) is 9.20 Å². The maximum Gasteiger partial charge on any atom is 0.274 e. The number of aryl methyl sites for hydroxylation is 1. The molecule has 0 saturated carbocycles. The third kappa shape index (κ3) is 3.22. The molecule has 1 N–H and O–H groups in total. The third-order valence-corrected chi connectivity index (χ3v) is 4.60.